The Morgan fingerprint density at radius 2 is 2.00 bits per heavy atom. The maximum atomic E-state index is 13.1. The first kappa shape index (κ1) is 16.5. The Kier molecular flexibility index (Phi) is 3.45. The minimum atomic E-state index is -0.420. The topological polar surface area (TPSA) is 58.6 Å². The van der Waals surface area contributed by atoms with E-state index in [1.807, 2.05) is 12.1 Å². The van der Waals surface area contributed by atoms with E-state index < -0.39 is 5.41 Å². The van der Waals surface area contributed by atoms with Crippen molar-refractivity contribution in [3.05, 3.63) is 35.1 Å². The van der Waals surface area contributed by atoms with Crippen LogP contribution in [0.5, 0.6) is 11.5 Å². The molecule has 0 saturated carbocycles. The van der Waals surface area contributed by atoms with Gasteiger partial charge in [-0.15, -0.1) is 0 Å². The molecule has 1 aromatic carbocycles. The second-order valence-electron chi connectivity index (χ2n) is 8.17. The van der Waals surface area contributed by atoms with Crippen LogP contribution in [0.2, 0.25) is 0 Å². The lowest BCUT2D eigenvalue weighted by Gasteiger charge is -2.59. The Morgan fingerprint density at radius 3 is 2.68 bits per heavy atom. The highest BCUT2D eigenvalue weighted by molar-refractivity contribution is 5.96. The molecule has 4 rings (SSSR count). The minimum Gasteiger partial charge on any atom is -0.870 e. The number of quaternary nitrogens is 1. The maximum absolute atomic E-state index is 13.1. The van der Waals surface area contributed by atoms with Crippen molar-refractivity contribution in [3.63, 3.8) is 0 Å². The molecule has 5 nitrogen and oxygen atoms in total. The van der Waals surface area contributed by atoms with Crippen LogP contribution in [0.25, 0.3) is 0 Å². The number of rotatable bonds is 2. The normalized spacial score (nSPS) is 32.3. The summed E-state index contributed by atoms with van der Waals surface area (Å²) in [5.41, 5.74) is 1.48. The maximum Gasteiger partial charge on any atom is 0.197 e. The standard InChI is InChI=1S/C20H25NO4/c1-21(2)8-7-20-11-15(22)17(25-4)10-13(20)14(21)9-12-5-6-16(24-3)19(23)18(12)20/h5-6,10,13-14H,7-9,11H2,1-4H3/t13-,14-,20+/m1/s1. The summed E-state index contributed by atoms with van der Waals surface area (Å²) in [7, 11) is 7.58. The Balaban J connectivity index is 1.99. The van der Waals surface area contributed by atoms with E-state index in [0.29, 0.717) is 24.0 Å². The van der Waals surface area contributed by atoms with Crippen LogP contribution < -0.4 is 9.84 Å². The molecule has 5 heteroatoms. The molecular formula is C20H25NO4. The number of likely N-dealkylation sites (tertiary alicyclic amines) is 1. The van der Waals surface area contributed by atoms with Crippen LogP contribution in [0.1, 0.15) is 24.0 Å². The number of piperidine rings is 1. The summed E-state index contributed by atoms with van der Waals surface area (Å²) >= 11 is 0. The van der Waals surface area contributed by atoms with Gasteiger partial charge in [-0.3, -0.25) is 4.79 Å². The number of Topliss-reactive ketones (excluding diaryl/α,β-unsaturated/α-hetero) is 1. The number of ether oxygens (including phenoxy) is 2. The molecule has 2 bridgehead atoms. The molecule has 1 saturated heterocycles. The predicted molar refractivity (Wildman–Crippen MR) is 91.4 cm³/mol. The van der Waals surface area contributed by atoms with E-state index in [2.05, 4.69) is 14.1 Å². The molecule has 1 fully saturated rings. The number of likely N-dealkylation sites (N-methyl/N-ethyl adjacent to an activating group) is 1. The van der Waals surface area contributed by atoms with Gasteiger partial charge < -0.3 is 19.1 Å². The fraction of sp³-hybridized carbons (Fsp3) is 0.550. The number of benzene rings is 1. The highest BCUT2D eigenvalue weighted by Crippen LogP contribution is 2.58. The lowest BCUT2D eigenvalue weighted by Crippen LogP contribution is -2.67. The summed E-state index contributed by atoms with van der Waals surface area (Å²) < 4.78 is 11.5. The van der Waals surface area contributed by atoms with E-state index in [4.69, 9.17) is 9.47 Å². The Labute approximate surface area is 148 Å². The molecule has 1 aromatic rings. The molecule has 0 aromatic heterocycles. The third-order valence-electron chi connectivity index (χ3n) is 6.74. The summed E-state index contributed by atoms with van der Waals surface area (Å²) in [5.74, 6) is 0.915. The number of hydrogen-bond acceptors (Lipinski definition) is 4. The molecule has 1 aliphatic heterocycles. The first-order valence-corrected chi connectivity index (χ1v) is 8.83. The van der Waals surface area contributed by atoms with Crippen molar-refractivity contribution < 1.29 is 23.9 Å². The molecular weight excluding hydrogens is 318 g/mol. The van der Waals surface area contributed by atoms with E-state index in [1.165, 1.54) is 7.11 Å². The minimum absolute atomic E-state index is 0.000207. The Morgan fingerprint density at radius 1 is 1.24 bits per heavy atom. The van der Waals surface area contributed by atoms with Gasteiger partial charge in [0.25, 0.3) is 0 Å². The SMILES string of the molecule is COC1=C[C@@H]2[C@H]3Cc4ccc(OC)c([O-])c4[C@@]2(CC[N+]3(C)C)CC1=O. The van der Waals surface area contributed by atoms with Gasteiger partial charge in [-0.05, 0) is 23.3 Å². The molecule has 0 amide bonds. The average Bonchev–Trinajstić information content (AvgIpc) is 2.58. The average molecular weight is 343 g/mol. The fourth-order valence-electron chi connectivity index (χ4n) is 5.37. The summed E-state index contributed by atoms with van der Waals surface area (Å²) in [5, 5.41) is 13.1. The lowest BCUT2D eigenvalue weighted by molar-refractivity contribution is -0.925. The zero-order chi connectivity index (χ0) is 18.0. The third-order valence-corrected chi connectivity index (χ3v) is 6.74. The van der Waals surface area contributed by atoms with Gasteiger partial charge in [-0.2, -0.15) is 0 Å². The van der Waals surface area contributed by atoms with Crippen LogP contribution in [0.15, 0.2) is 24.0 Å². The summed E-state index contributed by atoms with van der Waals surface area (Å²) in [6.45, 7) is 0.959. The predicted octanol–water partition coefficient (Wildman–Crippen LogP) is 1.53. The quantitative estimate of drug-likeness (QED) is 0.764. The van der Waals surface area contributed by atoms with Gasteiger partial charge in [-0.25, -0.2) is 0 Å². The molecule has 3 aliphatic rings. The van der Waals surface area contributed by atoms with Crippen molar-refractivity contribution in [2.45, 2.75) is 30.7 Å². The van der Waals surface area contributed by atoms with Gasteiger partial charge >= 0.3 is 0 Å². The van der Waals surface area contributed by atoms with Gasteiger partial charge in [-0.1, -0.05) is 11.8 Å². The highest BCUT2D eigenvalue weighted by atomic mass is 16.5. The Bertz CT molecular complexity index is 782. The molecule has 1 heterocycles. The monoisotopic (exact) mass is 343 g/mol. The molecule has 2 aliphatic carbocycles. The van der Waals surface area contributed by atoms with E-state index in [9.17, 15) is 9.90 Å². The van der Waals surface area contributed by atoms with Crippen molar-refractivity contribution in [2.75, 3.05) is 34.9 Å². The molecule has 0 radical (unpaired) electrons. The van der Waals surface area contributed by atoms with Crippen molar-refractivity contribution in [3.8, 4) is 11.5 Å². The largest absolute Gasteiger partial charge is 0.870 e. The van der Waals surface area contributed by atoms with Crippen LogP contribution in [0, 0.1) is 5.92 Å². The van der Waals surface area contributed by atoms with Crippen molar-refractivity contribution in [1.82, 2.24) is 0 Å². The van der Waals surface area contributed by atoms with E-state index in [1.54, 1.807) is 13.2 Å². The molecule has 134 valence electrons. The number of carbonyl (C=O) groups excluding carboxylic acids is 1. The van der Waals surface area contributed by atoms with Crippen LogP contribution in [0.3, 0.4) is 0 Å². The van der Waals surface area contributed by atoms with Crippen molar-refractivity contribution in [2.24, 2.45) is 5.92 Å². The number of fused-ring (bicyclic) bond motifs is 1. The molecule has 0 N–H and O–H groups in total. The van der Waals surface area contributed by atoms with Gasteiger partial charge in [0.05, 0.1) is 34.9 Å². The Hall–Kier alpha value is -2.01. The smallest absolute Gasteiger partial charge is 0.197 e. The second-order valence-corrected chi connectivity index (χ2v) is 8.17. The number of nitrogens with zero attached hydrogens (tertiary/aromatic N) is 1. The summed E-state index contributed by atoms with van der Waals surface area (Å²) in [6.07, 6.45) is 4.02. The van der Waals surface area contributed by atoms with E-state index in [-0.39, 0.29) is 17.5 Å². The second kappa shape index (κ2) is 5.24. The molecule has 25 heavy (non-hydrogen) atoms. The zero-order valence-electron chi connectivity index (χ0n) is 15.3. The van der Waals surface area contributed by atoms with Gasteiger partial charge in [0.1, 0.15) is 11.8 Å². The van der Waals surface area contributed by atoms with Crippen LogP contribution in [-0.2, 0) is 21.4 Å². The number of ketones is 1. The third kappa shape index (κ3) is 2.08. The lowest BCUT2D eigenvalue weighted by atomic mass is 9.53. The number of allylic oxidation sites excluding steroid dienone is 1. The molecule has 3 atom stereocenters. The summed E-state index contributed by atoms with van der Waals surface area (Å²) in [4.78, 5) is 12.7. The van der Waals surface area contributed by atoms with Crippen LogP contribution in [0.4, 0.5) is 0 Å². The van der Waals surface area contributed by atoms with Gasteiger partial charge in [0, 0.05) is 30.6 Å². The van der Waals surface area contributed by atoms with Crippen molar-refractivity contribution in [1.29, 1.82) is 0 Å². The first-order valence-electron chi connectivity index (χ1n) is 8.83. The number of hydrogen-bond donors (Lipinski definition) is 0. The fourth-order valence-corrected chi connectivity index (χ4v) is 5.37. The summed E-state index contributed by atoms with van der Waals surface area (Å²) in [6, 6.07) is 4.13. The molecule has 0 unspecified atom stereocenters. The number of carbonyl (C=O) groups is 1. The van der Waals surface area contributed by atoms with Crippen molar-refractivity contribution >= 4 is 5.78 Å². The van der Waals surface area contributed by atoms with Gasteiger partial charge in [0.2, 0.25) is 0 Å². The van der Waals surface area contributed by atoms with Crippen LogP contribution in [-0.4, -0.2) is 51.2 Å². The van der Waals surface area contributed by atoms with Gasteiger partial charge in [0.15, 0.2) is 11.5 Å². The first-order chi connectivity index (χ1) is 11.8. The van der Waals surface area contributed by atoms with E-state index in [0.717, 1.165) is 35.0 Å². The van der Waals surface area contributed by atoms with E-state index >= 15 is 0 Å². The van der Waals surface area contributed by atoms with Crippen LogP contribution >= 0.6 is 0 Å². The highest BCUT2D eigenvalue weighted by Gasteiger charge is 2.59. The zero-order valence-corrected chi connectivity index (χ0v) is 15.3. The molecule has 0 spiro atoms. The number of methoxy groups -OCH3 is 2.